The van der Waals surface area contributed by atoms with E-state index in [0.717, 1.165) is 0 Å². The molecular weight excluding hydrogens is 284 g/mol. The van der Waals surface area contributed by atoms with Crippen LogP contribution in [0.25, 0.3) is 0 Å². The van der Waals surface area contributed by atoms with Crippen LogP contribution >= 0.6 is 11.6 Å². The first-order valence-electron chi connectivity index (χ1n) is 5.62. The molecule has 0 atom stereocenters. The summed E-state index contributed by atoms with van der Waals surface area (Å²) in [7, 11) is 1.67. The highest BCUT2D eigenvalue weighted by atomic mass is 35.5. The number of aromatic nitrogens is 3. The molecule has 0 bridgehead atoms. The number of rotatable bonds is 4. The van der Waals surface area contributed by atoms with Crippen LogP contribution in [0, 0.1) is 0 Å². The van der Waals surface area contributed by atoms with Crippen LogP contribution in [0.3, 0.4) is 0 Å². The Kier molecular flexibility index (Phi) is 4.31. The number of aryl methyl sites for hydroxylation is 1. The van der Waals surface area contributed by atoms with E-state index in [1.807, 2.05) is 0 Å². The summed E-state index contributed by atoms with van der Waals surface area (Å²) in [6.07, 6.45) is 4.36. The van der Waals surface area contributed by atoms with E-state index < -0.39 is 18.5 Å². The summed E-state index contributed by atoms with van der Waals surface area (Å²) in [5.74, 6) is -1.12. The van der Waals surface area contributed by atoms with E-state index in [1.54, 1.807) is 19.2 Å². The highest BCUT2D eigenvalue weighted by molar-refractivity contribution is 6.32. The Labute approximate surface area is 119 Å². The molecule has 1 amide bonds. The number of halogens is 1. The van der Waals surface area contributed by atoms with Gasteiger partial charge in [-0.25, -0.2) is 9.78 Å². The molecule has 2 rings (SSSR count). The van der Waals surface area contributed by atoms with E-state index in [4.69, 9.17) is 16.3 Å². The smallest absolute Gasteiger partial charge is 0.341 e. The van der Waals surface area contributed by atoms with Crippen LogP contribution in [-0.2, 0) is 16.6 Å². The molecule has 20 heavy (non-hydrogen) atoms. The molecule has 8 heteroatoms. The molecule has 1 N–H and O–H groups in total. The van der Waals surface area contributed by atoms with Crippen molar-refractivity contribution in [3.8, 4) is 0 Å². The molecule has 2 aromatic heterocycles. The summed E-state index contributed by atoms with van der Waals surface area (Å²) in [6.45, 7) is -0.418. The highest BCUT2D eigenvalue weighted by Crippen LogP contribution is 2.17. The average Bonchev–Trinajstić information content (AvgIpc) is 2.85. The lowest BCUT2D eigenvalue weighted by molar-refractivity contribution is -0.119. The second-order valence-corrected chi connectivity index (χ2v) is 4.23. The first-order chi connectivity index (χ1) is 9.56. The Morgan fingerprint density at radius 2 is 2.30 bits per heavy atom. The third-order valence-corrected chi connectivity index (χ3v) is 2.61. The first-order valence-corrected chi connectivity index (χ1v) is 6.00. The number of pyridine rings is 1. The topological polar surface area (TPSA) is 86.1 Å². The second kappa shape index (κ2) is 6.16. The van der Waals surface area contributed by atoms with Gasteiger partial charge in [0.1, 0.15) is 0 Å². The maximum atomic E-state index is 11.6. The minimum absolute atomic E-state index is 0.166. The molecule has 0 aromatic carbocycles. The molecule has 0 saturated heterocycles. The Morgan fingerprint density at radius 3 is 2.95 bits per heavy atom. The highest BCUT2D eigenvalue weighted by Gasteiger charge is 2.12. The van der Waals surface area contributed by atoms with Gasteiger partial charge in [0.05, 0.1) is 17.4 Å². The summed E-state index contributed by atoms with van der Waals surface area (Å²) in [5, 5.41) is 6.49. The normalized spacial score (nSPS) is 10.1. The number of nitrogens with zero attached hydrogens (tertiary/aromatic N) is 3. The van der Waals surface area contributed by atoms with Crippen molar-refractivity contribution in [1.82, 2.24) is 14.8 Å². The van der Waals surface area contributed by atoms with Gasteiger partial charge < -0.3 is 10.1 Å². The van der Waals surface area contributed by atoms with Crippen LogP contribution in [0.1, 0.15) is 10.4 Å². The number of nitrogens with one attached hydrogen (secondary N) is 1. The average molecular weight is 295 g/mol. The molecule has 0 aliphatic heterocycles. The lowest BCUT2D eigenvalue weighted by Crippen LogP contribution is -2.21. The van der Waals surface area contributed by atoms with Gasteiger partial charge in [-0.15, -0.1) is 0 Å². The van der Waals surface area contributed by atoms with Crippen molar-refractivity contribution < 1.29 is 14.3 Å². The van der Waals surface area contributed by atoms with Crippen molar-refractivity contribution in [3.05, 3.63) is 41.4 Å². The summed E-state index contributed by atoms with van der Waals surface area (Å²) >= 11 is 5.79. The second-order valence-electron chi connectivity index (χ2n) is 3.87. The summed E-state index contributed by atoms with van der Waals surface area (Å²) in [4.78, 5) is 27.0. The van der Waals surface area contributed by atoms with Gasteiger partial charge in [0.25, 0.3) is 5.91 Å². The van der Waals surface area contributed by atoms with Gasteiger partial charge in [-0.2, -0.15) is 5.10 Å². The van der Waals surface area contributed by atoms with Gasteiger partial charge in [0.15, 0.2) is 11.8 Å². The quantitative estimate of drug-likeness (QED) is 0.678. The van der Waals surface area contributed by atoms with E-state index in [9.17, 15) is 9.59 Å². The fourth-order valence-corrected chi connectivity index (χ4v) is 1.57. The zero-order chi connectivity index (χ0) is 14.5. The summed E-state index contributed by atoms with van der Waals surface area (Å²) in [5.41, 5.74) is 0.635. The number of amides is 1. The number of esters is 1. The Bertz CT molecular complexity index is 641. The van der Waals surface area contributed by atoms with Crippen LogP contribution in [-0.4, -0.2) is 33.2 Å². The zero-order valence-electron chi connectivity index (χ0n) is 10.5. The number of hydrogen-bond donors (Lipinski definition) is 1. The van der Waals surface area contributed by atoms with Gasteiger partial charge >= 0.3 is 5.97 Å². The number of carbonyl (C=O) groups excluding carboxylic acids is 2. The van der Waals surface area contributed by atoms with E-state index in [2.05, 4.69) is 15.4 Å². The van der Waals surface area contributed by atoms with Crippen molar-refractivity contribution in [2.45, 2.75) is 0 Å². The van der Waals surface area contributed by atoms with E-state index in [-0.39, 0.29) is 10.7 Å². The fourth-order valence-electron chi connectivity index (χ4n) is 1.41. The van der Waals surface area contributed by atoms with Crippen LogP contribution in [0.5, 0.6) is 0 Å². The van der Waals surface area contributed by atoms with Crippen LogP contribution in [0.4, 0.5) is 5.69 Å². The third-order valence-electron chi connectivity index (χ3n) is 2.31. The molecule has 0 aliphatic carbocycles. The predicted molar refractivity (Wildman–Crippen MR) is 71.4 cm³/mol. The lowest BCUT2D eigenvalue weighted by Gasteiger charge is -2.06. The Hall–Kier alpha value is -2.41. The van der Waals surface area contributed by atoms with Crippen molar-refractivity contribution in [1.29, 1.82) is 0 Å². The zero-order valence-corrected chi connectivity index (χ0v) is 11.3. The molecule has 0 spiro atoms. The van der Waals surface area contributed by atoms with Gasteiger partial charge in [0, 0.05) is 19.4 Å². The molecule has 0 aliphatic rings. The van der Waals surface area contributed by atoms with Gasteiger partial charge in [-0.05, 0) is 12.1 Å². The van der Waals surface area contributed by atoms with Crippen molar-refractivity contribution in [2.75, 3.05) is 11.9 Å². The maximum absolute atomic E-state index is 11.6. The van der Waals surface area contributed by atoms with Crippen molar-refractivity contribution in [2.24, 2.45) is 7.05 Å². The minimum atomic E-state index is -0.620. The number of anilines is 1. The van der Waals surface area contributed by atoms with Crippen molar-refractivity contribution in [3.63, 3.8) is 0 Å². The van der Waals surface area contributed by atoms with Crippen molar-refractivity contribution >= 4 is 29.2 Å². The Morgan fingerprint density at radius 1 is 1.50 bits per heavy atom. The predicted octanol–water partition coefficient (Wildman–Crippen LogP) is 1.26. The third kappa shape index (κ3) is 3.55. The number of hydrogen-bond acceptors (Lipinski definition) is 5. The van der Waals surface area contributed by atoms with Gasteiger partial charge in [-0.1, -0.05) is 11.6 Å². The first kappa shape index (κ1) is 14.0. The minimum Gasteiger partial charge on any atom is -0.452 e. The SMILES string of the molecule is Cn1cc(C(=O)OCC(=O)Nc2cccnc2Cl)cn1. The molecule has 104 valence electrons. The summed E-state index contributed by atoms with van der Waals surface area (Å²) in [6, 6.07) is 3.22. The molecule has 0 saturated carbocycles. The largest absolute Gasteiger partial charge is 0.452 e. The molecule has 0 fully saturated rings. The molecule has 0 unspecified atom stereocenters. The van der Waals surface area contributed by atoms with Crippen LogP contribution in [0.15, 0.2) is 30.7 Å². The molecule has 2 aromatic rings. The van der Waals surface area contributed by atoms with Gasteiger partial charge in [0.2, 0.25) is 0 Å². The maximum Gasteiger partial charge on any atom is 0.341 e. The molecule has 0 radical (unpaired) electrons. The summed E-state index contributed by atoms with van der Waals surface area (Å²) < 4.78 is 6.31. The van der Waals surface area contributed by atoms with Gasteiger partial charge in [-0.3, -0.25) is 9.48 Å². The van der Waals surface area contributed by atoms with E-state index >= 15 is 0 Å². The Balaban J connectivity index is 1.87. The van der Waals surface area contributed by atoms with Crippen LogP contribution in [0.2, 0.25) is 5.15 Å². The number of ether oxygens (including phenoxy) is 1. The molecule has 7 nitrogen and oxygen atoms in total. The van der Waals surface area contributed by atoms with E-state index in [1.165, 1.54) is 23.3 Å². The standard InChI is InChI=1S/C12H11ClN4O3/c1-17-6-8(5-15-17)12(19)20-7-10(18)16-9-3-2-4-14-11(9)13/h2-6H,7H2,1H3,(H,16,18). The van der Waals surface area contributed by atoms with Crippen LogP contribution < -0.4 is 5.32 Å². The monoisotopic (exact) mass is 294 g/mol. The fraction of sp³-hybridized carbons (Fsp3) is 0.167. The molecule has 2 heterocycles. The number of carbonyl (C=O) groups is 2. The lowest BCUT2D eigenvalue weighted by atomic mass is 10.4. The molecular formula is C12H11ClN4O3. The van der Waals surface area contributed by atoms with E-state index in [0.29, 0.717) is 5.69 Å².